The van der Waals surface area contributed by atoms with E-state index in [2.05, 4.69) is 10.3 Å². The Hall–Kier alpha value is -1.45. The zero-order chi connectivity index (χ0) is 7.68. The number of anilines is 1. The zero-order valence-corrected chi connectivity index (χ0v) is 5.89. The quantitative estimate of drug-likeness (QED) is 0.557. The third kappa shape index (κ3) is 0.960. The third-order valence-electron chi connectivity index (χ3n) is 1.56. The Morgan fingerprint density at radius 2 is 2.45 bits per heavy atom. The molecule has 1 aromatic rings. The van der Waals surface area contributed by atoms with Crippen molar-refractivity contribution in [1.29, 1.82) is 0 Å². The van der Waals surface area contributed by atoms with Gasteiger partial charge in [0.15, 0.2) is 5.82 Å². The number of ether oxygens (including phenoxy) is 1. The average Bonchev–Trinajstić information content (AvgIpc) is 2.06. The fourth-order valence-electron chi connectivity index (χ4n) is 1.07. The van der Waals surface area contributed by atoms with Gasteiger partial charge < -0.3 is 15.0 Å². The van der Waals surface area contributed by atoms with Crippen molar-refractivity contribution in [3.8, 4) is 5.75 Å². The lowest BCUT2D eigenvalue weighted by molar-refractivity contribution is 0.318. The summed E-state index contributed by atoms with van der Waals surface area (Å²) in [7, 11) is 0. The van der Waals surface area contributed by atoms with Crippen molar-refractivity contribution in [3.05, 3.63) is 22.5 Å². The van der Waals surface area contributed by atoms with E-state index in [1.165, 1.54) is 6.07 Å². The van der Waals surface area contributed by atoms with Gasteiger partial charge >= 0.3 is 0 Å². The number of hydrogen-bond donors (Lipinski definition) is 2. The van der Waals surface area contributed by atoms with E-state index in [9.17, 15) is 4.79 Å². The average molecular weight is 152 g/mol. The van der Waals surface area contributed by atoms with E-state index >= 15 is 0 Å². The molecule has 1 aliphatic heterocycles. The molecule has 2 N–H and O–H groups in total. The summed E-state index contributed by atoms with van der Waals surface area (Å²) in [5, 5.41) is 3.02. The largest absolute Gasteiger partial charge is 0.484 e. The van der Waals surface area contributed by atoms with E-state index in [4.69, 9.17) is 4.74 Å². The number of H-pyrrole nitrogens is 1. The fraction of sp³-hybridized carbons (Fsp3) is 0.286. The molecule has 0 saturated carbocycles. The van der Waals surface area contributed by atoms with Gasteiger partial charge in [-0.2, -0.15) is 0 Å². The van der Waals surface area contributed by atoms with Crippen LogP contribution in [0.4, 0.5) is 5.82 Å². The highest BCUT2D eigenvalue weighted by molar-refractivity contribution is 5.50. The molecule has 0 fully saturated rings. The maximum Gasteiger partial charge on any atom is 0.225 e. The van der Waals surface area contributed by atoms with Gasteiger partial charge in [0.2, 0.25) is 11.2 Å². The first-order chi connectivity index (χ1) is 5.38. The molecule has 1 aliphatic rings. The molecular weight excluding hydrogens is 144 g/mol. The molecule has 0 radical (unpaired) electrons. The van der Waals surface area contributed by atoms with Gasteiger partial charge in [-0.25, -0.2) is 0 Å². The van der Waals surface area contributed by atoms with Crippen LogP contribution < -0.4 is 15.5 Å². The number of aromatic amines is 1. The highest BCUT2D eigenvalue weighted by atomic mass is 16.5. The standard InChI is InChI=1S/C7H8N2O2/c10-5-1-2-8-7-6(5)11-4-3-9-7/h1-2H,3-4H2,(H2,8,9,10). The van der Waals surface area contributed by atoms with Crippen molar-refractivity contribution in [3.63, 3.8) is 0 Å². The van der Waals surface area contributed by atoms with Crippen LogP contribution in [0.15, 0.2) is 17.1 Å². The molecule has 2 rings (SSSR count). The van der Waals surface area contributed by atoms with Crippen molar-refractivity contribution in [1.82, 2.24) is 4.98 Å². The minimum atomic E-state index is -0.0778. The van der Waals surface area contributed by atoms with E-state index in [1.54, 1.807) is 6.20 Å². The van der Waals surface area contributed by atoms with Gasteiger partial charge in [-0.3, -0.25) is 4.79 Å². The van der Waals surface area contributed by atoms with Crippen molar-refractivity contribution >= 4 is 5.82 Å². The molecular formula is C7H8N2O2. The van der Waals surface area contributed by atoms with Crippen LogP contribution in [-0.4, -0.2) is 18.1 Å². The van der Waals surface area contributed by atoms with Gasteiger partial charge in [-0.1, -0.05) is 0 Å². The van der Waals surface area contributed by atoms with Crippen molar-refractivity contribution in [2.45, 2.75) is 0 Å². The SMILES string of the molecule is O=c1cc[nH]c2c1OCCN2. The number of fused-ring (bicyclic) bond motifs is 1. The summed E-state index contributed by atoms with van der Waals surface area (Å²) in [6, 6.07) is 1.45. The van der Waals surface area contributed by atoms with E-state index in [0.29, 0.717) is 18.2 Å². The van der Waals surface area contributed by atoms with Crippen LogP contribution in [-0.2, 0) is 0 Å². The zero-order valence-electron chi connectivity index (χ0n) is 5.89. The van der Waals surface area contributed by atoms with Crippen LogP contribution in [0, 0.1) is 0 Å². The Labute approximate surface area is 63.2 Å². The molecule has 0 bridgehead atoms. The Balaban J connectivity index is 2.58. The Kier molecular flexibility index (Phi) is 1.31. The normalized spacial score (nSPS) is 14.5. The molecule has 0 spiro atoms. The number of nitrogens with one attached hydrogen (secondary N) is 2. The summed E-state index contributed by atoms with van der Waals surface area (Å²) in [6.45, 7) is 1.30. The van der Waals surface area contributed by atoms with Gasteiger partial charge in [0.1, 0.15) is 6.61 Å². The monoisotopic (exact) mass is 152 g/mol. The molecule has 4 heteroatoms. The first kappa shape index (κ1) is 6.27. The van der Waals surface area contributed by atoms with E-state index in [1.807, 2.05) is 0 Å². The van der Waals surface area contributed by atoms with Crippen LogP contribution in [0.1, 0.15) is 0 Å². The van der Waals surface area contributed by atoms with Crippen molar-refractivity contribution in [2.75, 3.05) is 18.5 Å². The second kappa shape index (κ2) is 2.30. The first-order valence-electron chi connectivity index (χ1n) is 3.46. The van der Waals surface area contributed by atoms with Gasteiger partial charge in [0.25, 0.3) is 0 Å². The second-order valence-electron chi connectivity index (χ2n) is 2.32. The van der Waals surface area contributed by atoms with E-state index in [-0.39, 0.29) is 5.43 Å². The lowest BCUT2D eigenvalue weighted by atomic mass is 10.4. The minimum absolute atomic E-state index is 0.0778. The van der Waals surface area contributed by atoms with Crippen LogP contribution in [0.5, 0.6) is 5.75 Å². The fourth-order valence-corrected chi connectivity index (χ4v) is 1.07. The molecule has 0 atom stereocenters. The molecule has 0 aromatic carbocycles. The third-order valence-corrected chi connectivity index (χ3v) is 1.56. The van der Waals surface area contributed by atoms with Crippen molar-refractivity contribution in [2.24, 2.45) is 0 Å². The summed E-state index contributed by atoms with van der Waals surface area (Å²) in [4.78, 5) is 14.0. The number of rotatable bonds is 0. The molecule has 0 aliphatic carbocycles. The van der Waals surface area contributed by atoms with E-state index < -0.39 is 0 Å². The lowest BCUT2D eigenvalue weighted by Gasteiger charge is -2.16. The summed E-state index contributed by atoms with van der Waals surface area (Å²) in [5.74, 6) is 1.09. The summed E-state index contributed by atoms with van der Waals surface area (Å²) in [5.41, 5.74) is -0.0778. The summed E-state index contributed by atoms with van der Waals surface area (Å²) in [6.07, 6.45) is 1.60. The maximum atomic E-state index is 11.1. The molecule has 4 nitrogen and oxygen atoms in total. The lowest BCUT2D eigenvalue weighted by Crippen LogP contribution is -2.23. The smallest absolute Gasteiger partial charge is 0.225 e. The van der Waals surface area contributed by atoms with Crippen LogP contribution >= 0.6 is 0 Å². The molecule has 1 aromatic heterocycles. The molecule has 0 unspecified atom stereocenters. The van der Waals surface area contributed by atoms with Gasteiger partial charge in [-0.05, 0) is 0 Å². The van der Waals surface area contributed by atoms with Crippen molar-refractivity contribution < 1.29 is 4.74 Å². The molecule has 58 valence electrons. The summed E-state index contributed by atoms with van der Waals surface area (Å²) < 4.78 is 5.15. The highest BCUT2D eigenvalue weighted by Crippen LogP contribution is 2.17. The summed E-state index contributed by atoms with van der Waals surface area (Å²) >= 11 is 0. The Morgan fingerprint density at radius 3 is 3.27 bits per heavy atom. The van der Waals surface area contributed by atoms with Gasteiger partial charge in [-0.15, -0.1) is 0 Å². The van der Waals surface area contributed by atoms with E-state index in [0.717, 1.165) is 6.54 Å². The Bertz CT molecular complexity index is 318. The highest BCUT2D eigenvalue weighted by Gasteiger charge is 2.11. The van der Waals surface area contributed by atoms with Crippen LogP contribution in [0.3, 0.4) is 0 Å². The maximum absolute atomic E-state index is 11.1. The van der Waals surface area contributed by atoms with Gasteiger partial charge in [0, 0.05) is 12.3 Å². The van der Waals surface area contributed by atoms with Crippen LogP contribution in [0.25, 0.3) is 0 Å². The molecule has 0 saturated heterocycles. The predicted molar refractivity (Wildman–Crippen MR) is 41.0 cm³/mol. The molecule has 11 heavy (non-hydrogen) atoms. The molecule has 2 heterocycles. The number of pyridine rings is 1. The van der Waals surface area contributed by atoms with Gasteiger partial charge in [0.05, 0.1) is 6.54 Å². The predicted octanol–water partition coefficient (Wildman–Crippen LogP) is 0.179. The minimum Gasteiger partial charge on any atom is -0.484 e. The second-order valence-corrected chi connectivity index (χ2v) is 2.32. The van der Waals surface area contributed by atoms with Crippen LogP contribution in [0.2, 0.25) is 0 Å². The molecule has 0 amide bonds. The first-order valence-corrected chi connectivity index (χ1v) is 3.46. The topological polar surface area (TPSA) is 54.1 Å². The number of aromatic nitrogens is 1. The number of hydrogen-bond acceptors (Lipinski definition) is 3. The Morgan fingerprint density at radius 1 is 1.55 bits per heavy atom.